The molecule has 2 aromatic rings. The number of hydrogen-bond donors (Lipinski definition) is 0. The van der Waals surface area contributed by atoms with Gasteiger partial charge in [0.05, 0.1) is 0 Å². The maximum absolute atomic E-state index is 13.2. The second-order valence-corrected chi connectivity index (χ2v) is 2.84. The Kier molecular flexibility index (Phi) is 2.07. The second-order valence-electron chi connectivity index (χ2n) is 2.84. The fourth-order valence-electron chi connectivity index (χ4n) is 1.23. The van der Waals surface area contributed by atoms with Gasteiger partial charge in [0.2, 0.25) is 0 Å². The van der Waals surface area contributed by atoms with Crippen LogP contribution in [-0.2, 0) is 0 Å². The third kappa shape index (κ3) is 1.23. The molecule has 1 aromatic heterocycles. The van der Waals surface area contributed by atoms with E-state index in [0.29, 0.717) is 6.07 Å². The Bertz CT molecular complexity index is 607. The summed E-state index contributed by atoms with van der Waals surface area (Å²) < 4.78 is 55.9. The first-order valence-electron chi connectivity index (χ1n) is 3.83. The van der Waals surface area contributed by atoms with Gasteiger partial charge in [-0.15, -0.1) is 0 Å². The number of benzene rings is 1. The van der Waals surface area contributed by atoms with Gasteiger partial charge in [0.15, 0.2) is 23.0 Å². The highest BCUT2D eigenvalue weighted by Gasteiger charge is 2.29. The van der Waals surface area contributed by atoms with Crippen molar-refractivity contribution in [3.8, 4) is 0 Å². The smallest absolute Gasteiger partial charge is 0.398 e. The van der Waals surface area contributed by atoms with E-state index in [0.717, 1.165) is 0 Å². The maximum Gasteiger partial charge on any atom is 0.470 e. The Labute approximate surface area is 84.2 Å². The number of hydrogen-bond acceptors (Lipinski definition) is 3. The van der Waals surface area contributed by atoms with Gasteiger partial charge in [-0.1, -0.05) is 0 Å². The molecule has 0 aliphatic heterocycles. The fourth-order valence-corrected chi connectivity index (χ4v) is 1.23. The molecule has 0 spiro atoms. The lowest BCUT2D eigenvalue weighted by molar-refractivity contribution is -0.404. The van der Waals surface area contributed by atoms with Crippen molar-refractivity contribution in [1.29, 1.82) is 0 Å². The highest BCUT2D eigenvalue weighted by molar-refractivity contribution is 5.81. The third-order valence-electron chi connectivity index (χ3n) is 1.91. The van der Waals surface area contributed by atoms with E-state index in [1.54, 1.807) is 0 Å². The van der Waals surface area contributed by atoms with E-state index in [2.05, 4.69) is 4.42 Å². The van der Waals surface area contributed by atoms with Crippen molar-refractivity contribution >= 4 is 16.9 Å². The number of rotatable bonds is 1. The molecule has 0 bridgehead atoms. The first-order chi connectivity index (χ1) is 7.43. The Balaban J connectivity index is 2.93. The molecule has 0 radical (unpaired) electrons. The summed E-state index contributed by atoms with van der Waals surface area (Å²) in [5, 5.41) is 9.16. The molecule has 0 saturated carbocycles. The Morgan fingerprint density at radius 1 is 1.12 bits per heavy atom. The van der Waals surface area contributed by atoms with E-state index in [4.69, 9.17) is 0 Å². The lowest BCUT2D eigenvalue weighted by Gasteiger charge is -1.94. The minimum absolute atomic E-state index is 0.337. The van der Waals surface area contributed by atoms with Crippen LogP contribution in [0.2, 0.25) is 0 Å². The zero-order valence-corrected chi connectivity index (χ0v) is 7.26. The lowest BCUT2D eigenvalue weighted by atomic mass is 10.2. The molecule has 0 unspecified atom stereocenters. The predicted molar refractivity (Wildman–Crippen MR) is 42.7 cm³/mol. The average Bonchev–Trinajstić information content (AvgIpc) is 2.52. The molecule has 84 valence electrons. The van der Waals surface area contributed by atoms with Crippen LogP contribution in [0.25, 0.3) is 11.0 Å². The summed E-state index contributed by atoms with van der Waals surface area (Å²) in [6, 6.07) is 0.337. The van der Waals surface area contributed by atoms with Gasteiger partial charge in [0.1, 0.15) is 10.3 Å². The van der Waals surface area contributed by atoms with Crippen molar-refractivity contribution < 1.29 is 26.9 Å². The summed E-state index contributed by atoms with van der Waals surface area (Å²) in [6.45, 7) is 0. The average molecular weight is 235 g/mol. The first-order valence-corrected chi connectivity index (χ1v) is 3.83. The summed E-state index contributed by atoms with van der Waals surface area (Å²) in [5.74, 6) is -8.45. The molecule has 0 aliphatic carbocycles. The summed E-state index contributed by atoms with van der Waals surface area (Å²) >= 11 is 0. The van der Waals surface area contributed by atoms with Gasteiger partial charge < -0.3 is 4.42 Å². The van der Waals surface area contributed by atoms with E-state index in [1.807, 2.05) is 0 Å². The zero-order valence-electron chi connectivity index (χ0n) is 7.26. The van der Waals surface area contributed by atoms with Crippen LogP contribution in [0.1, 0.15) is 0 Å². The second kappa shape index (κ2) is 3.19. The van der Waals surface area contributed by atoms with Crippen molar-refractivity contribution in [1.82, 2.24) is 0 Å². The van der Waals surface area contributed by atoms with Crippen LogP contribution in [0.4, 0.5) is 23.4 Å². The van der Waals surface area contributed by atoms with Crippen LogP contribution in [0.5, 0.6) is 0 Å². The number of halogens is 4. The highest BCUT2D eigenvalue weighted by Crippen LogP contribution is 2.33. The monoisotopic (exact) mass is 235 g/mol. The first kappa shape index (κ1) is 10.4. The van der Waals surface area contributed by atoms with Crippen molar-refractivity contribution in [2.45, 2.75) is 0 Å². The highest BCUT2D eigenvalue weighted by atomic mass is 19.2. The van der Waals surface area contributed by atoms with Gasteiger partial charge in [0.25, 0.3) is 5.82 Å². The summed E-state index contributed by atoms with van der Waals surface area (Å²) in [7, 11) is 0. The van der Waals surface area contributed by atoms with E-state index in [-0.39, 0.29) is 0 Å². The topological polar surface area (TPSA) is 56.3 Å². The van der Waals surface area contributed by atoms with Crippen LogP contribution >= 0.6 is 0 Å². The van der Waals surface area contributed by atoms with Gasteiger partial charge in [-0.3, -0.25) is 10.1 Å². The fraction of sp³-hybridized carbons (Fsp3) is 0. The maximum atomic E-state index is 13.2. The molecule has 1 heterocycles. The molecule has 0 saturated heterocycles. The van der Waals surface area contributed by atoms with Gasteiger partial charge in [0, 0.05) is 6.07 Å². The van der Waals surface area contributed by atoms with E-state index >= 15 is 0 Å². The largest absolute Gasteiger partial charge is 0.470 e. The SMILES string of the molecule is O=[N+]([O-])c1oc2cc(F)c(F)c(F)c2c1F. The predicted octanol–water partition coefficient (Wildman–Crippen LogP) is 2.90. The van der Waals surface area contributed by atoms with Crippen LogP contribution in [0, 0.1) is 33.4 Å². The van der Waals surface area contributed by atoms with E-state index < -0.39 is 45.0 Å². The molecule has 16 heavy (non-hydrogen) atoms. The molecular formula is C8HF4NO3. The molecule has 0 aliphatic rings. The molecule has 1 aromatic carbocycles. The van der Waals surface area contributed by atoms with Crippen molar-refractivity contribution in [2.24, 2.45) is 0 Å². The summed E-state index contributed by atoms with van der Waals surface area (Å²) in [5.41, 5.74) is -0.763. The lowest BCUT2D eigenvalue weighted by Crippen LogP contribution is -1.92. The minimum atomic E-state index is -1.91. The van der Waals surface area contributed by atoms with E-state index in [1.165, 1.54) is 0 Å². The van der Waals surface area contributed by atoms with Crippen molar-refractivity contribution in [2.75, 3.05) is 0 Å². The quantitative estimate of drug-likeness (QED) is 0.330. The molecule has 4 nitrogen and oxygen atoms in total. The Morgan fingerprint density at radius 2 is 1.75 bits per heavy atom. The third-order valence-corrected chi connectivity index (χ3v) is 1.91. The summed E-state index contributed by atoms with van der Waals surface area (Å²) in [4.78, 5) is 8.98. The molecule has 8 heteroatoms. The van der Waals surface area contributed by atoms with E-state index in [9.17, 15) is 27.7 Å². The molecule has 2 rings (SSSR count). The van der Waals surface area contributed by atoms with Gasteiger partial charge in [-0.25, -0.2) is 13.2 Å². The van der Waals surface area contributed by atoms with Gasteiger partial charge in [-0.2, -0.15) is 4.39 Å². The molecule has 0 atom stereocenters. The van der Waals surface area contributed by atoms with Crippen LogP contribution in [-0.4, -0.2) is 4.92 Å². The number of fused-ring (bicyclic) bond motifs is 1. The number of furan rings is 1. The standard InChI is InChI=1S/C8HF4NO3/c9-2-1-3-4(6(11)5(2)10)7(12)8(16-3)13(14)15/h1H. The molecule has 0 N–H and O–H groups in total. The van der Waals surface area contributed by atoms with Crippen LogP contribution in [0.3, 0.4) is 0 Å². The van der Waals surface area contributed by atoms with Crippen LogP contribution in [0.15, 0.2) is 10.5 Å². The van der Waals surface area contributed by atoms with Crippen molar-refractivity contribution in [3.63, 3.8) is 0 Å². The Hall–Kier alpha value is -2.12. The normalized spacial score (nSPS) is 11.0. The number of nitro groups is 1. The molecular weight excluding hydrogens is 234 g/mol. The Morgan fingerprint density at radius 3 is 2.31 bits per heavy atom. The molecule has 0 fully saturated rings. The number of nitrogens with zero attached hydrogens (tertiary/aromatic N) is 1. The van der Waals surface area contributed by atoms with Crippen LogP contribution < -0.4 is 0 Å². The summed E-state index contributed by atoms with van der Waals surface area (Å²) in [6.07, 6.45) is 0. The van der Waals surface area contributed by atoms with Crippen molar-refractivity contribution in [3.05, 3.63) is 39.4 Å². The zero-order chi connectivity index (χ0) is 12.0. The van der Waals surface area contributed by atoms with Gasteiger partial charge >= 0.3 is 5.88 Å². The van der Waals surface area contributed by atoms with Gasteiger partial charge in [-0.05, 0) is 0 Å². The molecule has 0 amide bonds. The minimum Gasteiger partial charge on any atom is -0.398 e.